The van der Waals surface area contributed by atoms with Crippen LogP contribution in [0.15, 0.2) is 76.7 Å². The van der Waals surface area contributed by atoms with Crippen molar-refractivity contribution >= 4 is 28.6 Å². The van der Waals surface area contributed by atoms with Gasteiger partial charge in [0.25, 0.3) is 5.56 Å². The molecule has 174 valence electrons. The van der Waals surface area contributed by atoms with Crippen LogP contribution in [0, 0.1) is 12.7 Å². The molecule has 0 bridgehead atoms. The number of fused-ring (bicyclic) bond motifs is 1. The van der Waals surface area contributed by atoms with Gasteiger partial charge in [-0.2, -0.15) is 0 Å². The van der Waals surface area contributed by atoms with E-state index >= 15 is 0 Å². The van der Waals surface area contributed by atoms with Crippen LogP contribution in [0.4, 0.5) is 4.39 Å². The standard InChI is InChI=1S/C26H24FN3O3S/c1-17-11-12-19(15-21(17)27)30-25(32)20-8-4-5-9-22(20)29-26(30)34-16-24(31)28-14-13-18-7-3-6-10-23(18)33-2/h3-12,15H,13-14,16H2,1-2H3,(H,28,31). The largest absolute Gasteiger partial charge is 0.496 e. The molecule has 1 N–H and O–H groups in total. The van der Waals surface area contributed by atoms with E-state index < -0.39 is 5.82 Å². The van der Waals surface area contributed by atoms with Gasteiger partial charge in [0, 0.05) is 6.54 Å². The van der Waals surface area contributed by atoms with Crippen LogP contribution in [0.3, 0.4) is 0 Å². The number of aromatic nitrogens is 2. The number of nitrogens with zero attached hydrogens (tertiary/aromatic N) is 2. The molecule has 0 radical (unpaired) electrons. The summed E-state index contributed by atoms with van der Waals surface area (Å²) in [5.74, 6) is 0.234. The van der Waals surface area contributed by atoms with Gasteiger partial charge in [-0.05, 0) is 54.8 Å². The number of para-hydroxylation sites is 2. The molecule has 0 spiro atoms. The molecule has 34 heavy (non-hydrogen) atoms. The molecule has 0 saturated heterocycles. The minimum Gasteiger partial charge on any atom is -0.496 e. The minimum atomic E-state index is -0.414. The number of benzene rings is 3. The molecule has 3 aromatic carbocycles. The number of amides is 1. The second kappa shape index (κ2) is 10.5. The Labute approximate surface area is 200 Å². The third kappa shape index (κ3) is 5.12. The Balaban J connectivity index is 1.53. The minimum absolute atomic E-state index is 0.0606. The average Bonchev–Trinajstić information content (AvgIpc) is 2.85. The van der Waals surface area contributed by atoms with Crippen LogP contribution in [-0.2, 0) is 11.2 Å². The lowest BCUT2D eigenvalue weighted by molar-refractivity contribution is -0.118. The second-order valence-corrected chi connectivity index (χ2v) is 8.63. The lowest BCUT2D eigenvalue weighted by Gasteiger charge is -2.14. The lowest BCUT2D eigenvalue weighted by atomic mass is 10.1. The van der Waals surface area contributed by atoms with E-state index in [4.69, 9.17) is 4.74 Å². The van der Waals surface area contributed by atoms with E-state index in [0.717, 1.165) is 23.1 Å². The summed E-state index contributed by atoms with van der Waals surface area (Å²) in [5.41, 5.74) is 2.06. The highest BCUT2D eigenvalue weighted by molar-refractivity contribution is 7.99. The van der Waals surface area contributed by atoms with Crippen LogP contribution in [0.1, 0.15) is 11.1 Å². The molecule has 0 fully saturated rings. The number of thioether (sulfide) groups is 1. The molecule has 0 aliphatic carbocycles. The molecule has 8 heteroatoms. The van der Waals surface area contributed by atoms with Gasteiger partial charge in [0.2, 0.25) is 5.91 Å². The normalized spacial score (nSPS) is 10.9. The molecule has 0 saturated carbocycles. The first kappa shape index (κ1) is 23.5. The van der Waals surface area contributed by atoms with Crippen molar-refractivity contribution < 1.29 is 13.9 Å². The summed E-state index contributed by atoms with van der Waals surface area (Å²) < 4.78 is 21.0. The summed E-state index contributed by atoms with van der Waals surface area (Å²) in [6, 6.07) is 19.2. The SMILES string of the molecule is COc1ccccc1CCNC(=O)CSc1nc2ccccc2c(=O)n1-c1ccc(C)c(F)c1. The fourth-order valence-electron chi connectivity index (χ4n) is 3.58. The van der Waals surface area contributed by atoms with Crippen molar-refractivity contribution in [2.24, 2.45) is 0 Å². The predicted octanol–water partition coefficient (Wildman–Crippen LogP) is 4.29. The van der Waals surface area contributed by atoms with Gasteiger partial charge in [0.15, 0.2) is 5.16 Å². The number of rotatable bonds is 8. The predicted molar refractivity (Wildman–Crippen MR) is 132 cm³/mol. The highest BCUT2D eigenvalue weighted by atomic mass is 32.2. The van der Waals surface area contributed by atoms with Crippen LogP contribution in [0.2, 0.25) is 0 Å². The average molecular weight is 478 g/mol. The van der Waals surface area contributed by atoms with Gasteiger partial charge >= 0.3 is 0 Å². The summed E-state index contributed by atoms with van der Waals surface area (Å²) in [4.78, 5) is 30.4. The van der Waals surface area contributed by atoms with Crippen molar-refractivity contribution in [3.8, 4) is 11.4 Å². The van der Waals surface area contributed by atoms with E-state index in [0.29, 0.717) is 40.3 Å². The topological polar surface area (TPSA) is 73.2 Å². The van der Waals surface area contributed by atoms with Crippen LogP contribution in [0.25, 0.3) is 16.6 Å². The Bertz CT molecular complexity index is 1400. The zero-order valence-electron chi connectivity index (χ0n) is 18.9. The Hall–Kier alpha value is -3.65. The maximum Gasteiger partial charge on any atom is 0.266 e. The first-order chi connectivity index (χ1) is 16.5. The molecule has 0 aliphatic heterocycles. The van der Waals surface area contributed by atoms with Crippen molar-refractivity contribution in [3.63, 3.8) is 0 Å². The molecule has 6 nitrogen and oxygen atoms in total. The smallest absolute Gasteiger partial charge is 0.266 e. The number of hydrogen-bond donors (Lipinski definition) is 1. The summed E-state index contributed by atoms with van der Waals surface area (Å²) >= 11 is 1.14. The fourth-order valence-corrected chi connectivity index (χ4v) is 4.43. The number of halogens is 1. The molecule has 4 rings (SSSR count). The number of methoxy groups -OCH3 is 1. The first-order valence-electron chi connectivity index (χ1n) is 10.8. The van der Waals surface area contributed by atoms with Crippen molar-refractivity contribution in [2.75, 3.05) is 19.4 Å². The molecular formula is C26H24FN3O3S. The Kier molecular flexibility index (Phi) is 7.27. The third-order valence-electron chi connectivity index (χ3n) is 5.40. The van der Waals surface area contributed by atoms with Gasteiger partial charge in [-0.3, -0.25) is 14.2 Å². The van der Waals surface area contributed by atoms with Crippen molar-refractivity contribution in [2.45, 2.75) is 18.5 Å². The molecule has 0 unspecified atom stereocenters. The maximum absolute atomic E-state index is 14.3. The Morgan fingerprint density at radius 2 is 1.88 bits per heavy atom. The van der Waals surface area contributed by atoms with E-state index in [-0.39, 0.29) is 17.2 Å². The zero-order valence-corrected chi connectivity index (χ0v) is 19.7. The van der Waals surface area contributed by atoms with Crippen LogP contribution < -0.4 is 15.6 Å². The molecule has 1 aromatic heterocycles. The second-order valence-electron chi connectivity index (χ2n) is 7.69. The highest BCUT2D eigenvalue weighted by Gasteiger charge is 2.16. The van der Waals surface area contributed by atoms with E-state index in [1.807, 2.05) is 24.3 Å². The number of hydrogen-bond acceptors (Lipinski definition) is 5. The van der Waals surface area contributed by atoms with Crippen molar-refractivity contribution in [1.82, 2.24) is 14.9 Å². The van der Waals surface area contributed by atoms with Gasteiger partial charge in [-0.15, -0.1) is 0 Å². The first-order valence-corrected chi connectivity index (χ1v) is 11.8. The van der Waals surface area contributed by atoms with E-state index in [9.17, 15) is 14.0 Å². The molecule has 0 atom stereocenters. The van der Waals surface area contributed by atoms with E-state index in [2.05, 4.69) is 10.3 Å². The quantitative estimate of drug-likeness (QED) is 0.303. The van der Waals surface area contributed by atoms with Gasteiger partial charge in [-0.1, -0.05) is 48.2 Å². The van der Waals surface area contributed by atoms with Crippen LogP contribution >= 0.6 is 11.8 Å². The summed E-state index contributed by atoms with van der Waals surface area (Å²) in [6.45, 7) is 2.10. The van der Waals surface area contributed by atoms with Crippen LogP contribution in [0.5, 0.6) is 5.75 Å². The fraction of sp³-hybridized carbons (Fsp3) is 0.192. The van der Waals surface area contributed by atoms with Crippen LogP contribution in [-0.4, -0.2) is 34.9 Å². The summed E-state index contributed by atoms with van der Waals surface area (Å²) in [7, 11) is 1.62. The molecule has 0 aliphatic rings. The monoisotopic (exact) mass is 477 g/mol. The highest BCUT2D eigenvalue weighted by Crippen LogP contribution is 2.23. The number of carbonyl (C=O) groups is 1. The third-order valence-corrected chi connectivity index (χ3v) is 6.34. The van der Waals surface area contributed by atoms with Gasteiger partial charge in [0.1, 0.15) is 11.6 Å². The maximum atomic E-state index is 14.3. The molecule has 1 heterocycles. The Morgan fingerprint density at radius 3 is 2.68 bits per heavy atom. The Morgan fingerprint density at radius 1 is 1.12 bits per heavy atom. The number of carbonyl (C=O) groups excluding carboxylic acids is 1. The van der Waals surface area contributed by atoms with E-state index in [1.54, 1.807) is 50.4 Å². The number of ether oxygens (including phenoxy) is 1. The lowest BCUT2D eigenvalue weighted by Crippen LogP contribution is -2.28. The van der Waals surface area contributed by atoms with E-state index in [1.165, 1.54) is 10.6 Å². The molecule has 4 aromatic rings. The number of nitrogens with one attached hydrogen (secondary N) is 1. The molecule has 1 amide bonds. The van der Waals surface area contributed by atoms with Crippen molar-refractivity contribution in [1.29, 1.82) is 0 Å². The zero-order chi connectivity index (χ0) is 24.1. The van der Waals surface area contributed by atoms with Gasteiger partial charge in [0.05, 0.1) is 29.5 Å². The number of aryl methyl sites for hydroxylation is 1. The molecular weight excluding hydrogens is 453 g/mol. The van der Waals surface area contributed by atoms with Gasteiger partial charge in [-0.25, -0.2) is 9.37 Å². The van der Waals surface area contributed by atoms with Gasteiger partial charge < -0.3 is 10.1 Å². The summed E-state index contributed by atoms with van der Waals surface area (Å²) in [5, 5.41) is 3.64. The van der Waals surface area contributed by atoms with Crippen molar-refractivity contribution in [3.05, 3.63) is 94.0 Å². The summed E-state index contributed by atoms with van der Waals surface area (Å²) in [6.07, 6.45) is 0.627.